The molecule has 0 atom stereocenters. The molecule has 0 amide bonds. The summed E-state index contributed by atoms with van der Waals surface area (Å²) in [5.74, 6) is 0.690. The quantitative estimate of drug-likeness (QED) is 0.836. The monoisotopic (exact) mass is 260 g/mol. The fraction of sp³-hybridized carbons (Fsp3) is 0.667. The second-order valence-electron chi connectivity index (χ2n) is 3.96. The van der Waals surface area contributed by atoms with Crippen molar-refractivity contribution in [2.75, 3.05) is 6.61 Å². The van der Waals surface area contributed by atoms with Crippen molar-refractivity contribution in [3.05, 3.63) is 10.2 Å². The molecule has 0 unspecified atom stereocenters. The Labute approximate surface area is 91.0 Å². The van der Waals surface area contributed by atoms with Gasteiger partial charge < -0.3 is 9.84 Å². The van der Waals surface area contributed by atoms with Crippen molar-refractivity contribution in [1.82, 2.24) is 9.78 Å². The average molecular weight is 261 g/mol. The van der Waals surface area contributed by atoms with Gasteiger partial charge in [0.2, 0.25) is 5.88 Å². The molecule has 14 heavy (non-hydrogen) atoms. The summed E-state index contributed by atoms with van der Waals surface area (Å²) < 4.78 is 7.97. The van der Waals surface area contributed by atoms with E-state index in [1.807, 2.05) is 0 Å². The van der Waals surface area contributed by atoms with Crippen LogP contribution in [0.25, 0.3) is 0 Å². The van der Waals surface area contributed by atoms with Gasteiger partial charge in [0.25, 0.3) is 0 Å². The van der Waals surface area contributed by atoms with Gasteiger partial charge in [-0.15, -0.1) is 0 Å². The molecule has 1 aromatic rings. The fourth-order valence-corrected chi connectivity index (χ4v) is 2.46. The van der Waals surface area contributed by atoms with E-state index < -0.39 is 5.60 Å². The summed E-state index contributed by atoms with van der Waals surface area (Å²) in [6.07, 6.45) is 0.965. The van der Waals surface area contributed by atoms with Crippen LogP contribution in [0.4, 0.5) is 0 Å². The zero-order valence-corrected chi connectivity index (χ0v) is 9.84. The minimum Gasteiger partial charge on any atom is -0.477 e. The third kappa shape index (κ3) is 1.54. The van der Waals surface area contributed by atoms with Crippen LogP contribution in [0, 0.1) is 0 Å². The van der Waals surface area contributed by atoms with Gasteiger partial charge in [-0.05, 0) is 29.8 Å². The van der Waals surface area contributed by atoms with Gasteiger partial charge in [0.05, 0.1) is 17.8 Å². The molecular formula is C9H13BrN2O2. The molecule has 1 aliphatic rings. The van der Waals surface area contributed by atoms with E-state index in [-0.39, 0.29) is 0 Å². The molecule has 0 saturated heterocycles. The van der Waals surface area contributed by atoms with Crippen molar-refractivity contribution in [3.63, 3.8) is 0 Å². The number of fused-ring (bicyclic) bond motifs is 1. The molecule has 0 radical (unpaired) electrons. The molecule has 1 aromatic heterocycles. The fourth-order valence-electron chi connectivity index (χ4n) is 1.61. The number of hydrogen-bond donors (Lipinski definition) is 1. The second-order valence-corrected chi connectivity index (χ2v) is 4.71. The van der Waals surface area contributed by atoms with Crippen LogP contribution in [-0.2, 0) is 12.1 Å². The largest absolute Gasteiger partial charge is 0.477 e. The summed E-state index contributed by atoms with van der Waals surface area (Å²) >= 11 is 3.34. The van der Waals surface area contributed by atoms with Gasteiger partial charge in [-0.1, -0.05) is 0 Å². The Morgan fingerprint density at radius 1 is 1.57 bits per heavy atom. The average Bonchev–Trinajstić information content (AvgIpc) is 2.38. The Hall–Kier alpha value is -0.550. The molecule has 4 nitrogen and oxygen atoms in total. The first-order chi connectivity index (χ1) is 6.50. The smallest absolute Gasteiger partial charge is 0.219 e. The molecule has 5 heteroatoms. The van der Waals surface area contributed by atoms with E-state index in [2.05, 4.69) is 21.0 Å². The lowest BCUT2D eigenvalue weighted by molar-refractivity contribution is 0.0721. The number of rotatable bonds is 1. The Balaban J connectivity index is 2.53. The van der Waals surface area contributed by atoms with Crippen LogP contribution in [0.3, 0.4) is 0 Å². The lowest BCUT2D eigenvalue weighted by Crippen LogP contribution is -2.20. The van der Waals surface area contributed by atoms with Crippen LogP contribution in [0.1, 0.15) is 25.8 Å². The van der Waals surface area contributed by atoms with Crippen LogP contribution in [0.2, 0.25) is 0 Å². The molecule has 0 spiro atoms. The van der Waals surface area contributed by atoms with Crippen molar-refractivity contribution in [1.29, 1.82) is 0 Å². The van der Waals surface area contributed by atoms with Crippen molar-refractivity contribution < 1.29 is 9.84 Å². The molecule has 2 heterocycles. The summed E-state index contributed by atoms with van der Waals surface area (Å²) in [5, 5.41) is 14.2. The number of aryl methyl sites for hydroxylation is 1. The Morgan fingerprint density at radius 2 is 2.29 bits per heavy atom. The predicted octanol–water partition coefficient (Wildman–Crippen LogP) is 1.66. The van der Waals surface area contributed by atoms with Crippen LogP contribution >= 0.6 is 15.9 Å². The number of nitrogens with zero attached hydrogens (tertiary/aromatic N) is 2. The molecule has 0 aromatic carbocycles. The summed E-state index contributed by atoms with van der Waals surface area (Å²) in [4.78, 5) is 0. The van der Waals surface area contributed by atoms with E-state index in [0.717, 1.165) is 18.5 Å². The third-order valence-electron chi connectivity index (χ3n) is 2.23. The van der Waals surface area contributed by atoms with Crippen molar-refractivity contribution in [3.8, 4) is 5.88 Å². The van der Waals surface area contributed by atoms with Gasteiger partial charge in [-0.25, -0.2) is 4.68 Å². The molecule has 2 rings (SSSR count). The summed E-state index contributed by atoms with van der Waals surface area (Å²) in [7, 11) is 0. The minimum atomic E-state index is -0.927. The first kappa shape index (κ1) is 9.98. The predicted molar refractivity (Wildman–Crippen MR) is 55.3 cm³/mol. The molecular weight excluding hydrogens is 248 g/mol. The summed E-state index contributed by atoms with van der Waals surface area (Å²) in [6, 6.07) is 0. The van der Waals surface area contributed by atoms with Crippen molar-refractivity contribution >= 4 is 15.9 Å². The maximum atomic E-state index is 9.95. The van der Waals surface area contributed by atoms with Gasteiger partial charge in [-0.2, -0.15) is 5.10 Å². The Bertz CT molecular complexity index is 354. The lowest BCUT2D eigenvalue weighted by atomic mass is 10.0. The highest BCUT2D eigenvalue weighted by Crippen LogP contribution is 2.37. The molecule has 78 valence electrons. The molecule has 0 saturated carbocycles. The number of hydrogen-bond acceptors (Lipinski definition) is 3. The zero-order chi connectivity index (χ0) is 10.3. The van der Waals surface area contributed by atoms with Crippen LogP contribution in [-0.4, -0.2) is 21.5 Å². The van der Waals surface area contributed by atoms with Gasteiger partial charge >= 0.3 is 0 Å². The summed E-state index contributed by atoms with van der Waals surface area (Å²) in [6.45, 7) is 5.01. The topological polar surface area (TPSA) is 47.3 Å². The van der Waals surface area contributed by atoms with Gasteiger partial charge in [0.1, 0.15) is 4.60 Å². The highest BCUT2D eigenvalue weighted by molar-refractivity contribution is 9.10. The van der Waals surface area contributed by atoms with E-state index >= 15 is 0 Å². The molecule has 1 aliphatic heterocycles. The van der Waals surface area contributed by atoms with E-state index in [1.54, 1.807) is 18.5 Å². The number of halogens is 1. The van der Waals surface area contributed by atoms with Gasteiger partial charge in [-0.3, -0.25) is 0 Å². The second kappa shape index (κ2) is 3.24. The Morgan fingerprint density at radius 3 is 2.93 bits per heavy atom. The zero-order valence-electron chi connectivity index (χ0n) is 8.25. The highest BCUT2D eigenvalue weighted by Gasteiger charge is 2.30. The van der Waals surface area contributed by atoms with E-state index in [9.17, 15) is 5.11 Å². The van der Waals surface area contributed by atoms with Gasteiger partial charge in [0.15, 0.2) is 0 Å². The molecule has 0 fully saturated rings. The highest BCUT2D eigenvalue weighted by atomic mass is 79.9. The normalized spacial score (nSPS) is 16.3. The van der Waals surface area contributed by atoms with Crippen molar-refractivity contribution in [2.24, 2.45) is 0 Å². The Kier molecular flexibility index (Phi) is 2.31. The summed E-state index contributed by atoms with van der Waals surface area (Å²) in [5.41, 5.74) is -0.193. The number of aromatic nitrogens is 2. The van der Waals surface area contributed by atoms with Gasteiger partial charge in [0, 0.05) is 13.0 Å². The molecule has 0 aliphatic carbocycles. The van der Waals surface area contributed by atoms with Crippen molar-refractivity contribution in [2.45, 2.75) is 32.4 Å². The van der Waals surface area contributed by atoms with Crippen LogP contribution in [0.15, 0.2) is 4.60 Å². The maximum Gasteiger partial charge on any atom is 0.219 e. The van der Waals surface area contributed by atoms with E-state index in [1.165, 1.54) is 0 Å². The molecule has 0 bridgehead atoms. The maximum absolute atomic E-state index is 9.95. The third-order valence-corrected chi connectivity index (χ3v) is 2.78. The van der Waals surface area contributed by atoms with E-state index in [4.69, 9.17) is 4.74 Å². The van der Waals surface area contributed by atoms with Crippen LogP contribution in [0.5, 0.6) is 5.88 Å². The number of ether oxygens (including phenoxy) is 1. The van der Waals surface area contributed by atoms with Crippen LogP contribution < -0.4 is 4.74 Å². The lowest BCUT2D eigenvalue weighted by Gasteiger charge is -2.21. The molecule has 1 N–H and O–H groups in total. The minimum absolute atomic E-state index is 0.668. The van der Waals surface area contributed by atoms with E-state index in [0.29, 0.717) is 17.1 Å². The standard InChI is InChI=1S/C9H13BrN2O2/c1-9(2,13)6-7(10)11-12-4-3-5-14-8(6)12/h13H,3-5H2,1-2H3. The first-order valence-corrected chi connectivity index (χ1v) is 5.41. The SMILES string of the molecule is CC(C)(O)c1c(Br)nn2c1OCCC2. The first-order valence-electron chi connectivity index (χ1n) is 4.62. The number of aliphatic hydroxyl groups is 1.